The maximum absolute atomic E-state index is 9.11. The van der Waals surface area contributed by atoms with Gasteiger partial charge in [-0.05, 0) is 131 Å². The second-order valence-electron chi connectivity index (χ2n) is 13.1. The fourth-order valence-electron chi connectivity index (χ4n) is 9.58. The van der Waals surface area contributed by atoms with Gasteiger partial charge in [-0.3, -0.25) is 0 Å². The highest BCUT2D eigenvalue weighted by atomic mass is 16.5. The van der Waals surface area contributed by atoms with E-state index in [4.69, 9.17) is 40.0 Å². The number of ether oxygens (including phenoxy) is 4. The Morgan fingerprint density at radius 1 is 0.326 bits per heavy atom. The summed E-state index contributed by atoms with van der Waals surface area (Å²) >= 11 is 0. The Kier molecular flexibility index (Phi) is 6.81. The smallest absolute Gasteiger partial charge is 0.292 e. The second-order valence-corrected chi connectivity index (χ2v) is 13.1. The Morgan fingerprint density at radius 2 is 0.500 bits per heavy atom. The summed E-state index contributed by atoms with van der Waals surface area (Å²) in [4.78, 5) is 0. The van der Waals surface area contributed by atoms with Gasteiger partial charge in [0.15, 0.2) is 0 Å². The number of hydrogen-bond acceptors (Lipinski definition) is 8. The maximum Gasteiger partial charge on any atom is 0.292 e. The molecule has 8 rings (SSSR count). The third kappa shape index (κ3) is 4.64. The van der Waals surface area contributed by atoms with Crippen molar-refractivity contribution < 1.29 is 18.9 Å². The highest BCUT2D eigenvalue weighted by Crippen LogP contribution is 2.74. The van der Waals surface area contributed by atoms with E-state index in [1.165, 1.54) is 22.3 Å². The molecule has 0 N–H and O–H groups in total. The highest BCUT2D eigenvalue weighted by molar-refractivity contribution is 5.51. The molecule has 0 unspecified atom stereocenters. The van der Waals surface area contributed by atoms with Crippen LogP contribution in [-0.4, -0.2) is 0 Å². The molecule has 4 saturated carbocycles. The molecule has 46 heavy (non-hydrogen) atoms. The molecule has 0 heterocycles. The van der Waals surface area contributed by atoms with Gasteiger partial charge >= 0.3 is 0 Å². The number of hydrogen-bond donors (Lipinski definition) is 0. The van der Waals surface area contributed by atoms with Crippen LogP contribution in [0.15, 0.2) is 97.1 Å². The summed E-state index contributed by atoms with van der Waals surface area (Å²) in [5, 5.41) is 36.4. The van der Waals surface area contributed by atoms with Crippen LogP contribution in [0.5, 0.6) is 23.0 Å². The highest BCUT2D eigenvalue weighted by Gasteiger charge is 2.69. The van der Waals surface area contributed by atoms with Crippen molar-refractivity contribution in [1.82, 2.24) is 0 Å². The number of nitrogens with zero attached hydrogens (tertiary/aromatic N) is 4. The van der Waals surface area contributed by atoms with E-state index >= 15 is 0 Å². The molecule has 4 aromatic rings. The Labute approximate surface area is 267 Å². The number of nitriles is 4. The first-order valence-electron chi connectivity index (χ1n) is 15.1. The van der Waals surface area contributed by atoms with Gasteiger partial charge in [-0.1, -0.05) is 48.5 Å². The van der Waals surface area contributed by atoms with Gasteiger partial charge in [-0.2, -0.15) is 0 Å². The molecule has 4 aliphatic rings. The largest absolute Gasteiger partial charge is 0.388 e. The zero-order chi connectivity index (χ0) is 31.8. The van der Waals surface area contributed by atoms with Gasteiger partial charge < -0.3 is 18.9 Å². The summed E-state index contributed by atoms with van der Waals surface area (Å²) in [6.45, 7) is 0. The average Bonchev–Trinajstić information content (AvgIpc) is 3.06. The zero-order valence-corrected chi connectivity index (χ0v) is 24.9. The number of rotatable bonds is 8. The molecule has 224 valence electrons. The van der Waals surface area contributed by atoms with Crippen LogP contribution in [0.4, 0.5) is 0 Å². The first-order chi connectivity index (χ1) is 22.4. The lowest BCUT2D eigenvalue weighted by Gasteiger charge is -2.71. The Hall–Kier alpha value is -5.96. The van der Waals surface area contributed by atoms with E-state index in [1.807, 2.05) is 48.5 Å². The maximum atomic E-state index is 9.11. The Balaban J connectivity index is 1.45. The third-order valence-electron chi connectivity index (χ3n) is 10.6. The van der Waals surface area contributed by atoms with Gasteiger partial charge in [0, 0.05) is 0 Å². The summed E-state index contributed by atoms with van der Waals surface area (Å²) in [5.41, 5.74) is 3.89. The minimum absolute atomic E-state index is 0.231. The SMILES string of the molecule is N#COc1ccc(C23CC4(c5ccc(OC#N)cc5)CC(c5ccc(OC#N)cc5)(C2)CC(c2ccc(OC#N)cc2)(C3)C4)cc1. The minimum Gasteiger partial charge on any atom is -0.388 e. The molecule has 0 radical (unpaired) electrons. The second kappa shape index (κ2) is 10.9. The quantitative estimate of drug-likeness (QED) is 0.188. The van der Waals surface area contributed by atoms with Gasteiger partial charge in [0.2, 0.25) is 0 Å². The number of benzene rings is 4. The fraction of sp³-hybridized carbons (Fsp3) is 0.263. The Morgan fingerprint density at radius 3 is 0.652 bits per heavy atom. The van der Waals surface area contributed by atoms with Crippen LogP contribution in [0, 0.1) is 46.1 Å². The van der Waals surface area contributed by atoms with E-state index < -0.39 is 0 Å². The predicted octanol–water partition coefficient (Wildman–Crippen LogP) is 7.56. The summed E-state index contributed by atoms with van der Waals surface area (Å²) in [6, 6.07) is 31.8. The van der Waals surface area contributed by atoms with Crippen LogP contribution in [0.25, 0.3) is 0 Å². The topological polar surface area (TPSA) is 132 Å². The molecule has 0 spiro atoms. The predicted molar refractivity (Wildman–Crippen MR) is 165 cm³/mol. The lowest BCUT2D eigenvalue weighted by molar-refractivity contribution is -0.0692. The molecule has 8 heteroatoms. The van der Waals surface area contributed by atoms with Crippen molar-refractivity contribution in [2.45, 2.75) is 60.2 Å². The van der Waals surface area contributed by atoms with E-state index in [-0.39, 0.29) is 21.7 Å². The van der Waals surface area contributed by atoms with Crippen LogP contribution in [0.1, 0.15) is 60.8 Å². The average molecular weight is 605 g/mol. The monoisotopic (exact) mass is 604 g/mol. The van der Waals surface area contributed by atoms with E-state index in [2.05, 4.69) is 48.5 Å². The van der Waals surface area contributed by atoms with Crippen LogP contribution < -0.4 is 18.9 Å². The molecule has 4 bridgehead atoms. The Bertz CT molecular complexity index is 1620. The molecule has 4 aliphatic carbocycles. The molecular formula is C38H28N4O4. The molecule has 4 fully saturated rings. The molecule has 0 saturated heterocycles. The molecule has 4 aromatic carbocycles. The summed E-state index contributed by atoms with van der Waals surface area (Å²) in [7, 11) is 0. The summed E-state index contributed by atoms with van der Waals surface area (Å²) < 4.78 is 20.6. The van der Waals surface area contributed by atoms with Crippen molar-refractivity contribution in [3.05, 3.63) is 119 Å². The van der Waals surface area contributed by atoms with Crippen molar-refractivity contribution in [2.75, 3.05) is 0 Å². The molecule has 0 atom stereocenters. The molecule has 0 aromatic heterocycles. The molecule has 0 aliphatic heterocycles. The first-order valence-corrected chi connectivity index (χ1v) is 15.1. The van der Waals surface area contributed by atoms with Crippen LogP contribution in [0.2, 0.25) is 0 Å². The molecular weight excluding hydrogens is 576 g/mol. The van der Waals surface area contributed by atoms with Crippen molar-refractivity contribution in [2.24, 2.45) is 0 Å². The van der Waals surface area contributed by atoms with Crippen LogP contribution >= 0.6 is 0 Å². The van der Waals surface area contributed by atoms with Crippen molar-refractivity contribution in [1.29, 1.82) is 21.0 Å². The van der Waals surface area contributed by atoms with E-state index in [9.17, 15) is 0 Å². The zero-order valence-electron chi connectivity index (χ0n) is 24.9. The molecule has 8 nitrogen and oxygen atoms in total. The van der Waals surface area contributed by atoms with Gasteiger partial charge in [-0.25, -0.2) is 0 Å². The van der Waals surface area contributed by atoms with Gasteiger partial charge in [0.05, 0.1) is 0 Å². The van der Waals surface area contributed by atoms with E-state index in [0.717, 1.165) is 38.5 Å². The minimum atomic E-state index is -0.231. The fourth-order valence-corrected chi connectivity index (χ4v) is 9.58. The van der Waals surface area contributed by atoms with Crippen molar-refractivity contribution in [3.63, 3.8) is 0 Å². The van der Waals surface area contributed by atoms with Gasteiger partial charge in [-0.15, -0.1) is 21.0 Å². The van der Waals surface area contributed by atoms with Gasteiger partial charge in [0.1, 0.15) is 23.0 Å². The standard InChI is InChI=1S/C38H28N4O4/c39-23-43-31-9-1-27(2-10-31)35-17-36(28-3-11-32(12-4-28)44-24-40)20-37(18-35,29-5-13-33(14-6-29)45-25-41)22-38(19-35,21-36)30-7-15-34(16-8-30)46-26-42/h1-16H,17-22H2. The summed E-state index contributed by atoms with van der Waals surface area (Å²) in [5.74, 6) is 2.02. The van der Waals surface area contributed by atoms with Crippen LogP contribution in [0.3, 0.4) is 0 Å². The lowest BCUT2D eigenvalue weighted by atomic mass is 9.32. The summed E-state index contributed by atoms with van der Waals surface area (Å²) in [6.07, 6.45) is 12.6. The van der Waals surface area contributed by atoms with Crippen molar-refractivity contribution >= 4 is 0 Å². The van der Waals surface area contributed by atoms with E-state index in [0.29, 0.717) is 23.0 Å². The lowest BCUT2D eigenvalue weighted by Crippen LogP contribution is -2.67. The van der Waals surface area contributed by atoms with Crippen molar-refractivity contribution in [3.8, 4) is 48.0 Å². The van der Waals surface area contributed by atoms with Crippen LogP contribution in [-0.2, 0) is 21.7 Å². The normalized spacial score (nSPS) is 26.9. The third-order valence-corrected chi connectivity index (χ3v) is 10.6. The molecule has 0 amide bonds. The van der Waals surface area contributed by atoms with Gasteiger partial charge in [0.25, 0.3) is 25.0 Å². The first kappa shape index (κ1) is 28.8. The van der Waals surface area contributed by atoms with E-state index in [1.54, 1.807) is 25.0 Å².